The molecule has 5 heteroatoms. The quantitative estimate of drug-likeness (QED) is 0.182. The van der Waals surface area contributed by atoms with E-state index in [0.29, 0.717) is 36.6 Å². The highest BCUT2D eigenvalue weighted by atomic mass is 16.5. The van der Waals surface area contributed by atoms with E-state index >= 15 is 0 Å². The summed E-state index contributed by atoms with van der Waals surface area (Å²) in [7, 11) is 0. The van der Waals surface area contributed by atoms with Gasteiger partial charge in [-0.25, -0.2) is 4.79 Å². The van der Waals surface area contributed by atoms with E-state index in [1.165, 1.54) is 49.0 Å². The largest absolute Gasteiger partial charge is 0.462 e. The second-order valence-corrected chi connectivity index (χ2v) is 10.3. The number of imide groups is 1. The third-order valence-corrected chi connectivity index (χ3v) is 7.77. The summed E-state index contributed by atoms with van der Waals surface area (Å²) in [6.07, 6.45) is 11.8. The van der Waals surface area contributed by atoms with Gasteiger partial charge in [-0.15, -0.1) is 0 Å². The Morgan fingerprint density at radius 1 is 0.833 bits per heavy atom. The fraction of sp³-hybridized carbons (Fsp3) is 0.516. The Hall–Kier alpha value is -2.95. The SMILES string of the molecule is CCCCCCCCCCOC(=O)c1cccc(N2C(=O)[C@@H]3CC[C@@H](c4ccccc4)C[C@H]3C2=O)c1. The van der Waals surface area contributed by atoms with Crippen molar-refractivity contribution in [1.82, 2.24) is 0 Å². The molecule has 1 saturated carbocycles. The zero-order valence-corrected chi connectivity index (χ0v) is 21.5. The lowest BCUT2D eigenvalue weighted by Crippen LogP contribution is -2.31. The number of fused-ring (bicyclic) bond motifs is 1. The highest BCUT2D eigenvalue weighted by Gasteiger charge is 2.50. The van der Waals surface area contributed by atoms with Gasteiger partial charge in [0, 0.05) is 0 Å². The smallest absolute Gasteiger partial charge is 0.338 e. The van der Waals surface area contributed by atoms with Crippen LogP contribution in [-0.4, -0.2) is 24.4 Å². The van der Waals surface area contributed by atoms with Gasteiger partial charge in [-0.2, -0.15) is 0 Å². The van der Waals surface area contributed by atoms with Crippen LogP contribution in [0.15, 0.2) is 54.6 Å². The molecule has 1 heterocycles. The number of esters is 1. The monoisotopic (exact) mass is 489 g/mol. The van der Waals surface area contributed by atoms with Crippen molar-refractivity contribution in [1.29, 1.82) is 0 Å². The molecule has 0 unspecified atom stereocenters. The van der Waals surface area contributed by atoms with E-state index in [1.807, 2.05) is 18.2 Å². The van der Waals surface area contributed by atoms with E-state index < -0.39 is 5.97 Å². The number of carbonyl (C=O) groups is 3. The summed E-state index contributed by atoms with van der Waals surface area (Å²) in [4.78, 5) is 40.5. The van der Waals surface area contributed by atoms with E-state index in [-0.39, 0.29) is 23.7 Å². The first kappa shape index (κ1) is 26.1. The molecule has 0 N–H and O–H groups in total. The summed E-state index contributed by atoms with van der Waals surface area (Å²) < 4.78 is 5.47. The summed E-state index contributed by atoms with van der Waals surface area (Å²) in [6, 6.07) is 17.0. The molecule has 1 saturated heterocycles. The molecule has 2 amide bonds. The number of rotatable bonds is 12. The van der Waals surface area contributed by atoms with Crippen molar-refractivity contribution < 1.29 is 19.1 Å². The molecular weight excluding hydrogens is 450 g/mol. The Morgan fingerprint density at radius 3 is 2.28 bits per heavy atom. The van der Waals surface area contributed by atoms with Gasteiger partial charge in [0.25, 0.3) is 0 Å². The average Bonchev–Trinajstić information content (AvgIpc) is 3.17. The lowest BCUT2D eigenvalue weighted by Gasteiger charge is -2.28. The molecule has 2 aromatic rings. The summed E-state index contributed by atoms with van der Waals surface area (Å²) in [5.74, 6) is -0.956. The number of carbonyl (C=O) groups excluding carboxylic acids is 3. The minimum absolute atomic E-state index is 0.138. The van der Waals surface area contributed by atoms with Crippen LogP contribution in [0.25, 0.3) is 0 Å². The molecule has 36 heavy (non-hydrogen) atoms. The van der Waals surface area contributed by atoms with E-state index in [4.69, 9.17) is 4.74 Å². The van der Waals surface area contributed by atoms with Crippen molar-refractivity contribution in [2.45, 2.75) is 83.5 Å². The second kappa shape index (κ2) is 12.8. The number of hydrogen-bond acceptors (Lipinski definition) is 4. The number of hydrogen-bond donors (Lipinski definition) is 0. The minimum Gasteiger partial charge on any atom is -0.462 e. The molecule has 2 fully saturated rings. The Labute approximate surface area is 215 Å². The molecule has 1 aliphatic heterocycles. The molecule has 0 radical (unpaired) electrons. The number of ether oxygens (including phenoxy) is 1. The van der Waals surface area contributed by atoms with Crippen molar-refractivity contribution in [2.75, 3.05) is 11.5 Å². The van der Waals surface area contributed by atoms with Crippen LogP contribution in [0.5, 0.6) is 0 Å². The first-order chi connectivity index (χ1) is 17.6. The molecular formula is C31H39NO4. The third kappa shape index (κ3) is 6.24. The lowest BCUT2D eigenvalue weighted by molar-refractivity contribution is -0.122. The molecule has 0 spiro atoms. The summed E-state index contributed by atoms with van der Waals surface area (Å²) in [5.41, 5.74) is 2.08. The maximum absolute atomic E-state index is 13.4. The van der Waals surface area contributed by atoms with Gasteiger partial charge in [-0.1, -0.05) is 88.3 Å². The van der Waals surface area contributed by atoms with Crippen molar-refractivity contribution in [3.63, 3.8) is 0 Å². The molecule has 3 atom stereocenters. The van der Waals surface area contributed by atoms with Crippen molar-refractivity contribution >= 4 is 23.5 Å². The van der Waals surface area contributed by atoms with Crippen LogP contribution in [0.4, 0.5) is 5.69 Å². The number of amides is 2. The van der Waals surface area contributed by atoms with Crippen LogP contribution >= 0.6 is 0 Å². The average molecular weight is 490 g/mol. The van der Waals surface area contributed by atoms with Crippen molar-refractivity contribution in [2.24, 2.45) is 11.8 Å². The minimum atomic E-state index is -0.402. The predicted octanol–water partition coefficient (Wildman–Crippen LogP) is 7.06. The maximum Gasteiger partial charge on any atom is 0.338 e. The fourth-order valence-corrected chi connectivity index (χ4v) is 5.72. The van der Waals surface area contributed by atoms with Gasteiger partial charge in [-0.3, -0.25) is 14.5 Å². The first-order valence-corrected chi connectivity index (χ1v) is 13.8. The summed E-state index contributed by atoms with van der Waals surface area (Å²) in [5, 5.41) is 0. The molecule has 2 aromatic carbocycles. The highest BCUT2D eigenvalue weighted by Crippen LogP contribution is 2.45. The van der Waals surface area contributed by atoms with Crippen molar-refractivity contribution in [3.8, 4) is 0 Å². The number of benzene rings is 2. The van der Waals surface area contributed by atoms with Crippen LogP contribution in [0.3, 0.4) is 0 Å². The van der Waals surface area contributed by atoms with E-state index in [1.54, 1.807) is 24.3 Å². The normalized spacial score (nSPS) is 21.5. The fourth-order valence-electron chi connectivity index (χ4n) is 5.72. The van der Waals surface area contributed by atoms with Crippen LogP contribution in [0, 0.1) is 11.8 Å². The van der Waals surface area contributed by atoms with Gasteiger partial charge < -0.3 is 4.74 Å². The van der Waals surface area contributed by atoms with Gasteiger partial charge in [0.2, 0.25) is 11.8 Å². The standard InChI is InChI=1S/C31H39NO4/c1-2-3-4-5-6-7-8-12-20-36-31(35)25-16-13-17-26(21-25)32-29(33)27-19-18-24(22-28(27)30(32)34)23-14-10-9-11-15-23/h9-11,13-17,21,24,27-28H,2-8,12,18-20,22H2,1H3/t24-,27-,28-/m1/s1. The van der Waals surface area contributed by atoms with E-state index in [9.17, 15) is 14.4 Å². The summed E-state index contributed by atoms with van der Waals surface area (Å²) >= 11 is 0. The van der Waals surface area contributed by atoms with Crippen LogP contribution in [0.1, 0.15) is 99.4 Å². The van der Waals surface area contributed by atoms with Crippen LogP contribution in [-0.2, 0) is 14.3 Å². The third-order valence-electron chi connectivity index (χ3n) is 7.77. The first-order valence-electron chi connectivity index (χ1n) is 13.8. The Kier molecular flexibility index (Phi) is 9.32. The van der Waals surface area contributed by atoms with Gasteiger partial charge in [-0.05, 0) is 55.4 Å². The number of nitrogens with zero attached hydrogens (tertiary/aromatic N) is 1. The summed E-state index contributed by atoms with van der Waals surface area (Å²) in [6.45, 7) is 2.61. The number of unbranched alkanes of at least 4 members (excludes halogenated alkanes) is 7. The maximum atomic E-state index is 13.4. The topological polar surface area (TPSA) is 63.7 Å². The molecule has 4 rings (SSSR count). The zero-order chi connectivity index (χ0) is 25.3. The van der Waals surface area contributed by atoms with Crippen molar-refractivity contribution in [3.05, 3.63) is 65.7 Å². The molecule has 0 aromatic heterocycles. The van der Waals surface area contributed by atoms with Gasteiger partial charge in [0.1, 0.15) is 0 Å². The number of anilines is 1. The molecule has 0 bridgehead atoms. The molecule has 2 aliphatic rings. The van der Waals surface area contributed by atoms with Gasteiger partial charge in [0.05, 0.1) is 29.7 Å². The van der Waals surface area contributed by atoms with Gasteiger partial charge >= 0.3 is 5.97 Å². The lowest BCUT2D eigenvalue weighted by atomic mass is 9.73. The Bertz CT molecular complexity index is 1030. The second-order valence-electron chi connectivity index (χ2n) is 10.3. The zero-order valence-electron chi connectivity index (χ0n) is 21.5. The van der Waals surface area contributed by atoms with E-state index in [0.717, 1.165) is 19.3 Å². The van der Waals surface area contributed by atoms with E-state index in [2.05, 4.69) is 19.1 Å². The Morgan fingerprint density at radius 2 is 1.53 bits per heavy atom. The highest BCUT2D eigenvalue weighted by molar-refractivity contribution is 6.22. The van der Waals surface area contributed by atoms with Crippen LogP contribution in [0.2, 0.25) is 0 Å². The van der Waals surface area contributed by atoms with Crippen LogP contribution < -0.4 is 4.90 Å². The predicted molar refractivity (Wildman–Crippen MR) is 142 cm³/mol. The molecule has 1 aliphatic carbocycles. The Balaban J connectivity index is 1.31. The molecule has 192 valence electrons. The molecule has 5 nitrogen and oxygen atoms in total. The van der Waals surface area contributed by atoms with Gasteiger partial charge in [0.15, 0.2) is 0 Å².